The fourth-order valence-corrected chi connectivity index (χ4v) is 3.16. The van der Waals surface area contributed by atoms with Crippen molar-refractivity contribution in [2.75, 3.05) is 0 Å². The molecule has 0 aliphatic carbocycles. The molecule has 2 aromatic rings. The summed E-state index contributed by atoms with van der Waals surface area (Å²) in [6, 6.07) is 5.61. The normalized spacial score (nSPS) is 10.6. The molecule has 0 fully saturated rings. The molecule has 1 aromatic carbocycles. The third kappa shape index (κ3) is 2.46. The monoisotopic (exact) mass is 328 g/mol. The molecule has 1 aromatic heterocycles. The number of hydrogen-bond acceptors (Lipinski definition) is 2. The minimum atomic E-state index is -0.00176. The molecule has 0 atom stereocenters. The highest BCUT2D eigenvalue weighted by Gasteiger charge is 2.17. The summed E-state index contributed by atoms with van der Waals surface area (Å²) in [7, 11) is 0. The van der Waals surface area contributed by atoms with Gasteiger partial charge < -0.3 is 0 Å². The highest BCUT2D eigenvalue weighted by Crippen LogP contribution is 2.28. The van der Waals surface area contributed by atoms with Crippen LogP contribution < -0.4 is 0 Å². The number of ketones is 1. The number of thiophene rings is 1. The minimum Gasteiger partial charge on any atom is -0.288 e. The number of carbonyl (C=O) groups excluding carboxylic acids is 1. The number of aryl methyl sites for hydroxylation is 2. The first-order chi connectivity index (χ1) is 8.00. The van der Waals surface area contributed by atoms with Gasteiger partial charge in [0.25, 0.3) is 0 Å². The molecule has 0 N–H and O–H groups in total. The van der Waals surface area contributed by atoms with E-state index < -0.39 is 0 Å². The van der Waals surface area contributed by atoms with E-state index >= 15 is 0 Å². The first-order valence-electron chi connectivity index (χ1n) is 5.05. The van der Waals surface area contributed by atoms with Gasteiger partial charge in [-0.3, -0.25) is 4.79 Å². The summed E-state index contributed by atoms with van der Waals surface area (Å²) in [6.45, 7) is 3.90. The van der Waals surface area contributed by atoms with Crippen LogP contribution in [0.3, 0.4) is 0 Å². The van der Waals surface area contributed by atoms with Crippen LogP contribution in [-0.4, -0.2) is 5.78 Å². The van der Waals surface area contributed by atoms with E-state index in [1.165, 1.54) is 11.3 Å². The van der Waals surface area contributed by atoms with Gasteiger partial charge in [0.1, 0.15) is 0 Å². The zero-order valence-electron chi connectivity index (χ0n) is 9.38. The van der Waals surface area contributed by atoms with Gasteiger partial charge >= 0.3 is 0 Å². The lowest BCUT2D eigenvalue weighted by Gasteiger charge is -2.07. The minimum absolute atomic E-state index is 0.00176. The van der Waals surface area contributed by atoms with Gasteiger partial charge in [0.2, 0.25) is 5.78 Å². The Morgan fingerprint density at radius 1 is 1.29 bits per heavy atom. The molecule has 0 amide bonds. The maximum Gasteiger partial charge on any atom is 0.204 e. The lowest BCUT2D eigenvalue weighted by atomic mass is 10.0. The fourth-order valence-electron chi connectivity index (χ4n) is 1.60. The molecule has 17 heavy (non-hydrogen) atoms. The van der Waals surface area contributed by atoms with Crippen LogP contribution in [0.1, 0.15) is 26.4 Å². The van der Waals surface area contributed by atoms with Gasteiger partial charge in [0.05, 0.1) is 9.90 Å². The van der Waals surface area contributed by atoms with Crippen molar-refractivity contribution in [2.24, 2.45) is 0 Å². The Labute approximate surface area is 118 Å². The molecule has 0 radical (unpaired) electrons. The Bertz CT molecular complexity index is 589. The van der Waals surface area contributed by atoms with Crippen molar-refractivity contribution in [3.63, 3.8) is 0 Å². The highest BCUT2D eigenvalue weighted by molar-refractivity contribution is 9.10. The number of hydrogen-bond donors (Lipinski definition) is 0. The third-order valence-electron chi connectivity index (χ3n) is 2.57. The summed E-state index contributed by atoms with van der Waals surface area (Å²) in [5.74, 6) is -0.00176. The summed E-state index contributed by atoms with van der Waals surface area (Å²) in [6.07, 6.45) is 0. The standard InChI is InChI=1S/C13H10BrClOS/c1-7-6-10(14)8(2)5-9(7)12(16)13-11(15)3-4-17-13/h3-6H,1-2H3. The lowest BCUT2D eigenvalue weighted by molar-refractivity contribution is 0.104. The largest absolute Gasteiger partial charge is 0.288 e. The van der Waals surface area contributed by atoms with Gasteiger partial charge in [-0.25, -0.2) is 0 Å². The van der Waals surface area contributed by atoms with Crippen molar-refractivity contribution in [3.8, 4) is 0 Å². The average molecular weight is 330 g/mol. The molecule has 1 heterocycles. The summed E-state index contributed by atoms with van der Waals surface area (Å²) in [4.78, 5) is 12.9. The van der Waals surface area contributed by atoms with Crippen LogP contribution in [0.25, 0.3) is 0 Å². The fraction of sp³-hybridized carbons (Fsp3) is 0.154. The molecule has 0 aliphatic rings. The van der Waals surface area contributed by atoms with E-state index in [9.17, 15) is 4.79 Å². The maximum atomic E-state index is 12.3. The Morgan fingerprint density at radius 3 is 2.59 bits per heavy atom. The van der Waals surface area contributed by atoms with E-state index in [0.717, 1.165) is 21.2 Å². The van der Waals surface area contributed by atoms with Gasteiger partial charge in [0, 0.05) is 10.0 Å². The van der Waals surface area contributed by atoms with Crippen LogP contribution in [0.2, 0.25) is 5.02 Å². The summed E-state index contributed by atoms with van der Waals surface area (Å²) < 4.78 is 1.02. The smallest absolute Gasteiger partial charge is 0.204 e. The molecule has 2 rings (SSSR count). The lowest BCUT2D eigenvalue weighted by Crippen LogP contribution is -2.03. The molecule has 0 saturated heterocycles. The first-order valence-corrected chi connectivity index (χ1v) is 7.10. The second kappa shape index (κ2) is 4.92. The van der Waals surface area contributed by atoms with Crippen molar-refractivity contribution >= 4 is 44.7 Å². The SMILES string of the molecule is Cc1cc(C(=O)c2sccc2Cl)c(C)cc1Br. The molecule has 0 bridgehead atoms. The first kappa shape index (κ1) is 12.8. The third-order valence-corrected chi connectivity index (χ3v) is 4.77. The average Bonchev–Trinajstić information content (AvgIpc) is 2.69. The topological polar surface area (TPSA) is 17.1 Å². The zero-order chi connectivity index (χ0) is 12.6. The molecular formula is C13H10BrClOS. The molecular weight excluding hydrogens is 320 g/mol. The van der Waals surface area contributed by atoms with E-state index in [1.54, 1.807) is 6.07 Å². The second-order valence-electron chi connectivity index (χ2n) is 3.84. The summed E-state index contributed by atoms with van der Waals surface area (Å²) >= 11 is 10.8. The Balaban J connectivity index is 2.52. The number of benzene rings is 1. The number of carbonyl (C=O) groups is 1. The zero-order valence-corrected chi connectivity index (χ0v) is 12.5. The maximum absolute atomic E-state index is 12.3. The van der Waals surface area contributed by atoms with Gasteiger partial charge in [-0.2, -0.15) is 0 Å². The van der Waals surface area contributed by atoms with Crippen molar-refractivity contribution in [1.82, 2.24) is 0 Å². The molecule has 0 aliphatic heterocycles. The van der Waals surface area contributed by atoms with E-state index in [1.807, 2.05) is 31.4 Å². The summed E-state index contributed by atoms with van der Waals surface area (Å²) in [5, 5.41) is 2.36. The Kier molecular flexibility index (Phi) is 3.71. The van der Waals surface area contributed by atoms with Crippen LogP contribution in [0.15, 0.2) is 28.1 Å². The van der Waals surface area contributed by atoms with Crippen molar-refractivity contribution < 1.29 is 4.79 Å². The van der Waals surface area contributed by atoms with E-state index in [2.05, 4.69) is 15.9 Å². The van der Waals surface area contributed by atoms with E-state index in [0.29, 0.717) is 9.90 Å². The molecule has 0 unspecified atom stereocenters. The second-order valence-corrected chi connectivity index (χ2v) is 6.02. The van der Waals surface area contributed by atoms with Crippen molar-refractivity contribution in [1.29, 1.82) is 0 Å². The van der Waals surface area contributed by atoms with Crippen LogP contribution in [0.4, 0.5) is 0 Å². The van der Waals surface area contributed by atoms with Gasteiger partial charge in [-0.15, -0.1) is 11.3 Å². The Hall–Kier alpha value is -0.640. The van der Waals surface area contributed by atoms with Gasteiger partial charge in [-0.05, 0) is 48.6 Å². The highest BCUT2D eigenvalue weighted by atomic mass is 79.9. The van der Waals surface area contributed by atoms with Crippen LogP contribution in [0, 0.1) is 13.8 Å². The molecule has 1 nitrogen and oxygen atoms in total. The van der Waals surface area contributed by atoms with Gasteiger partial charge in [-0.1, -0.05) is 27.5 Å². The molecule has 0 spiro atoms. The van der Waals surface area contributed by atoms with Crippen LogP contribution in [0.5, 0.6) is 0 Å². The predicted molar refractivity (Wildman–Crippen MR) is 76.4 cm³/mol. The summed E-state index contributed by atoms with van der Waals surface area (Å²) in [5.41, 5.74) is 2.72. The van der Waals surface area contributed by atoms with Gasteiger partial charge in [0.15, 0.2) is 0 Å². The quantitative estimate of drug-likeness (QED) is 0.708. The molecule has 88 valence electrons. The van der Waals surface area contributed by atoms with E-state index in [-0.39, 0.29) is 5.78 Å². The predicted octanol–water partition coefficient (Wildman–Crippen LogP) is 5.01. The number of halogens is 2. The van der Waals surface area contributed by atoms with Crippen LogP contribution in [-0.2, 0) is 0 Å². The van der Waals surface area contributed by atoms with E-state index in [4.69, 9.17) is 11.6 Å². The van der Waals surface area contributed by atoms with Crippen molar-refractivity contribution in [2.45, 2.75) is 13.8 Å². The number of rotatable bonds is 2. The van der Waals surface area contributed by atoms with Crippen molar-refractivity contribution in [3.05, 3.63) is 54.6 Å². The van der Waals surface area contributed by atoms with Crippen LogP contribution >= 0.6 is 38.9 Å². The molecule has 0 saturated carbocycles. The Morgan fingerprint density at radius 2 is 2.00 bits per heavy atom. The molecule has 4 heteroatoms.